The van der Waals surface area contributed by atoms with Crippen LogP contribution in [0.4, 0.5) is 0 Å². The van der Waals surface area contributed by atoms with E-state index in [9.17, 15) is 9.59 Å². The van der Waals surface area contributed by atoms with E-state index < -0.39 is 11.9 Å². The lowest BCUT2D eigenvalue weighted by Crippen LogP contribution is -2.40. The van der Waals surface area contributed by atoms with Crippen LogP contribution >= 0.6 is 0 Å². The highest BCUT2D eigenvalue weighted by Crippen LogP contribution is 2.03. The number of nitrogens with one attached hydrogen (secondary N) is 1. The second-order valence-corrected chi connectivity index (χ2v) is 4.07. The maximum absolute atomic E-state index is 10.3. The number of carboxylic acid groups (broad SMARTS) is 2. The summed E-state index contributed by atoms with van der Waals surface area (Å²) in [4.78, 5) is 20.7. The van der Waals surface area contributed by atoms with Crippen molar-refractivity contribution in [3.63, 3.8) is 0 Å². The summed E-state index contributed by atoms with van der Waals surface area (Å²) in [5, 5.41) is 28.6. The molecule has 1 aliphatic rings. The zero-order chi connectivity index (χ0) is 15.0. The molecule has 1 fully saturated rings. The number of carboxylic acids is 2. The van der Waals surface area contributed by atoms with Gasteiger partial charge in [-0.25, -0.2) is 9.59 Å². The van der Waals surface area contributed by atoms with E-state index >= 15 is 0 Å². The average molecular weight is 283 g/mol. The van der Waals surface area contributed by atoms with Crippen LogP contribution in [0.25, 0.3) is 0 Å². The highest BCUT2D eigenvalue weighted by molar-refractivity contribution is 5.91. The summed E-state index contributed by atoms with van der Waals surface area (Å²) in [5.74, 6) is -2.13. The molecule has 1 saturated heterocycles. The molecule has 1 aliphatic heterocycles. The maximum Gasteiger partial charge on any atom is 0.335 e. The second kappa shape index (κ2) is 8.26. The molecule has 110 valence electrons. The Morgan fingerprint density at radius 1 is 1.15 bits per heavy atom. The van der Waals surface area contributed by atoms with E-state index in [1.807, 2.05) is 0 Å². The molecule has 0 saturated carbocycles. The minimum atomic E-state index is -1.06. The van der Waals surface area contributed by atoms with Crippen LogP contribution in [0.1, 0.15) is 20.7 Å². The van der Waals surface area contributed by atoms with Gasteiger partial charge in [-0.3, -0.25) is 0 Å². The van der Waals surface area contributed by atoms with E-state index in [0.717, 1.165) is 19.7 Å². The van der Waals surface area contributed by atoms with Crippen LogP contribution in [0, 0.1) is 0 Å². The van der Waals surface area contributed by atoms with Crippen molar-refractivity contribution in [3.05, 3.63) is 35.4 Å². The smallest absolute Gasteiger partial charge is 0.335 e. The van der Waals surface area contributed by atoms with Gasteiger partial charge in [-0.1, -0.05) is 0 Å². The Morgan fingerprint density at radius 3 is 1.90 bits per heavy atom. The van der Waals surface area contributed by atoms with Crippen molar-refractivity contribution in [2.45, 2.75) is 6.10 Å². The molecule has 0 bridgehead atoms. The van der Waals surface area contributed by atoms with Crippen molar-refractivity contribution in [2.24, 2.45) is 0 Å². The van der Waals surface area contributed by atoms with Crippen molar-refractivity contribution in [3.8, 4) is 0 Å². The third-order valence-corrected chi connectivity index (χ3v) is 2.59. The molecular formula is C13H17NO6. The highest BCUT2D eigenvalue weighted by atomic mass is 16.5. The maximum atomic E-state index is 10.3. The Kier molecular flexibility index (Phi) is 6.65. The number of carbonyl (C=O) groups is 2. The quantitative estimate of drug-likeness (QED) is 0.619. The molecule has 1 heterocycles. The van der Waals surface area contributed by atoms with Crippen LogP contribution in [0.5, 0.6) is 0 Å². The predicted molar refractivity (Wildman–Crippen MR) is 70.1 cm³/mol. The number of ether oxygens (including phenoxy) is 1. The molecule has 0 aromatic heterocycles. The Balaban J connectivity index is 0.000000217. The number of rotatable bonds is 3. The van der Waals surface area contributed by atoms with Gasteiger partial charge in [0.2, 0.25) is 0 Å². The number of aromatic carboxylic acids is 2. The minimum absolute atomic E-state index is 0.0312. The lowest BCUT2D eigenvalue weighted by Gasteiger charge is -2.21. The molecule has 0 amide bonds. The van der Waals surface area contributed by atoms with Gasteiger partial charge in [0.25, 0.3) is 0 Å². The number of aliphatic hydroxyl groups is 1. The zero-order valence-corrected chi connectivity index (χ0v) is 10.8. The second-order valence-electron chi connectivity index (χ2n) is 4.07. The van der Waals surface area contributed by atoms with Gasteiger partial charge in [-0.2, -0.15) is 0 Å². The molecule has 2 rings (SSSR count). The van der Waals surface area contributed by atoms with Crippen molar-refractivity contribution in [1.82, 2.24) is 5.32 Å². The molecule has 7 heteroatoms. The fourth-order valence-electron chi connectivity index (χ4n) is 1.49. The van der Waals surface area contributed by atoms with E-state index in [1.165, 1.54) is 24.3 Å². The summed E-state index contributed by atoms with van der Waals surface area (Å²) in [5.41, 5.74) is 0.167. The monoisotopic (exact) mass is 283 g/mol. The van der Waals surface area contributed by atoms with Gasteiger partial charge in [0.05, 0.1) is 30.4 Å². The number of hydrogen-bond acceptors (Lipinski definition) is 5. The van der Waals surface area contributed by atoms with Crippen molar-refractivity contribution in [2.75, 3.05) is 26.3 Å². The molecule has 7 nitrogen and oxygen atoms in total. The van der Waals surface area contributed by atoms with Crippen LogP contribution < -0.4 is 5.32 Å². The van der Waals surface area contributed by atoms with Crippen LogP contribution in [-0.4, -0.2) is 59.7 Å². The summed E-state index contributed by atoms with van der Waals surface area (Å²) in [6.45, 7) is 2.56. The summed E-state index contributed by atoms with van der Waals surface area (Å²) >= 11 is 0. The van der Waals surface area contributed by atoms with Crippen molar-refractivity contribution in [1.29, 1.82) is 0 Å². The Bertz CT molecular complexity index is 406. The van der Waals surface area contributed by atoms with Crippen LogP contribution in [0.2, 0.25) is 0 Å². The average Bonchev–Trinajstić information content (AvgIpc) is 2.48. The topological polar surface area (TPSA) is 116 Å². The van der Waals surface area contributed by atoms with Crippen LogP contribution in [0.3, 0.4) is 0 Å². The van der Waals surface area contributed by atoms with Crippen molar-refractivity contribution < 1.29 is 29.6 Å². The first-order valence-corrected chi connectivity index (χ1v) is 6.04. The van der Waals surface area contributed by atoms with Gasteiger partial charge in [-0.15, -0.1) is 0 Å². The molecule has 1 aromatic rings. The highest BCUT2D eigenvalue weighted by Gasteiger charge is 2.10. The normalized spacial score (nSPS) is 17.8. The van der Waals surface area contributed by atoms with Gasteiger partial charge in [0.15, 0.2) is 0 Å². The SMILES string of the molecule is O=C(O)c1ccc(C(=O)O)cc1.OC[C@H]1CNCCO1. The lowest BCUT2D eigenvalue weighted by atomic mass is 10.1. The third-order valence-electron chi connectivity index (χ3n) is 2.59. The van der Waals surface area contributed by atoms with Gasteiger partial charge >= 0.3 is 11.9 Å². The zero-order valence-electron chi connectivity index (χ0n) is 10.8. The predicted octanol–water partition coefficient (Wildman–Crippen LogP) is 0.0501. The van der Waals surface area contributed by atoms with E-state index in [-0.39, 0.29) is 23.8 Å². The number of morpholine rings is 1. The van der Waals surface area contributed by atoms with Gasteiger partial charge in [0.1, 0.15) is 0 Å². The number of aliphatic hydroxyl groups excluding tert-OH is 1. The largest absolute Gasteiger partial charge is 0.478 e. The first-order chi connectivity index (χ1) is 9.54. The molecular weight excluding hydrogens is 266 g/mol. The van der Waals surface area contributed by atoms with E-state index in [4.69, 9.17) is 20.1 Å². The van der Waals surface area contributed by atoms with Crippen molar-refractivity contribution >= 4 is 11.9 Å². The number of benzene rings is 1. The molecule has 1 atom stereocenters. The van der Waals surface area contributed by atoms with E-state index in [2.05, 4.69) is 5.32 Å². The molecule has 4 N–H and O–H groups in total. The fraction of sp³-hybridized carbons (Fsp3) is 0.385. The Labute approximate surface area is 115 Å². The van der Waals surface area contributed by atoms with E-state index in [0.29, 0.717) is 0 Å². The summed E-state index contributed by atoms with van der Waals surface area (Å²) in [6.07, 6.45) is 0.0312. The molecule has 1 aromatic carbocycles. The lowest BCUT2D eigenvalue weighted by molar-refractivity contribution is -0.00618. The summed E-state index contributed by atoms with van der Waals surface area (Å²) in [6, 6.07) is 5.02. The minimum Gasteiger partial charge on any atom is -0.478 e. The Hall–Kier alpha value is -1.96. The number of hydrogen-bond donors (Lipinski definition) is 4. The van der Waals surface area contributed by atoms with Crippen LogP contribution in [0.15, 0.2) is 24.3 Å². The molecule has 0 spiro atoms. The van der Waals surface area contributed by atoms with E-state index in [1.54, 1.807) is 0 Å². The first-order valence-electron chi connectivity index (χ1n) is 6.04. The third kappa shape index (κ3) is 5.35. The fourth-order valence-corrected chi connectivity index (χ4v) is 1.49. The van der Waals surface area contributed by atoms with Gasteiger partial charge < -0.3 is 25.4 Å². The van der Waals surface area contributed by atoms with Gasteiger partial charge in [-0.05, 0) is 24.3 Å². The molecule has 0 unspecified atom stereocenters. The van der Waals surface area contributed by atoms with Gasteiger partial charge in [0, 0.05) is 13.1 Å². The molecule has 20 heavy (non-hydrogen) atoms. The summed E-state index contributed by atoms with van der Waals surface area (Å²) < 4.78 is 5.11. The summed E-state index contributed by atoms with van der Waals surface area (Å²) in [7, 11) is 0. The molecule has 0 aliphatic carbocycles. The first kappa shape index (κ1) is 16.1. The standard InChI is InChI=1S/C8H6O4.C5H11NO2/c9-7(10)5-1-2-6(4-3-5)8(11)12;7-4-5-3-6-1-2-8-5/h1-4H,(H,9,10)(H,11,12);5-7H,1-4H2/t;5-/m.1/s1. The van der Waals surface area contributed by atoms with Crippen LogP contribution in [-0.2, 0) is 4.74 Å². The molecule has 0 radical (unpaired) electrons. The Morgan fingerprint density at radius 2 is 1.65 bits per heavy atom.